The second-order valence-electron chi connectivity index (χ2n) is 3.49. The van der Waals surface area contributed by atoms with Gasteiger partial charge in [0.2, 0.25) is 5.95 Å². The first-order valence-electron chi connectivity index (χ1n) is 4.73. The van der Waals surface area contributed by atoms with Gasteiger partial charge in [0.15, 0.2) is 0 Å². The normalized spacial score (nSPS) is 9.41. The van der Waals surface area contributed by atoms with Crippen molar-refractivity contribution in [2.45, 2.75) is 6.42 Å². The predicted octanol–water partition coefficient (Wildman–Crippen LogP) is 0.649. The number of nitrogens with one attached hydrogen (secondary N) is 2. The van der Waals surface area contributed by atoms with Crippen LogP contribution in [0, 0.1) is 0 Å². The topological polar surface area (TPSA) is 92.5 Å². The maximum Gasteiger partial charge on any atom is 0.266 e. The second-order valence-corrected chi connectivity index (χ2v) is 4.35. The summed E-state index contributed by atoms with van der Waals surface area (Å²) < 4.78 is 0.446. The maximum absolute atomic E-state index is 11.2. The summed E-state index contributed by atoms with van der Waals surface area (Å²) in [5.41, 5.74) is -0.167. The number of H-pyrrole nitrogens is 1. The Bertz CT molecular complexity index is 370. The monoisotopic (exact) mass is 372 g/mol. The fourth-order valence-corrected chi connectivity index (χ4v) is 1.27. The molecule has 100 valence electrons. The first kappa shape index (κ1) is 18.9. The third-order valence-electron chi connectivity index (χ3n) is 1.83. The minimum Gasteiger partial charge on any atom is -0.412 e. The largest absolute Gasteiger partial charge is 0.412 e. The quantitative estimate of drug-likeness (QED) is 0.741. The summed E-state index contributed by atoms with van der Waals surface area (Å²) in [6.45, 7) is 1.80. The van der Waals surface area contributed by atoms with Gasteiger partial charge in [-0.1, -0.05) is 0 Å². The average Bonchev–Trinajstić information content (AvgIpc) is 2.18. The minimum absolute atomic E-state index is 0. The number of halogens is 2. The molecule has 8 heteroatoms. The predicted molar refractivity (Wildman–Crippen MR) is 78.2 cm³/mol. The van der Waals surface area contributed by atoms with Crippen molar-refractivity contribution >= 4 is 38.9 Å². The Labute approximate surface area is 119 Å². The summed E-state index contributed by atoms with van der Waals surface area (Å²) >= 11 is 3.09. The molecule has 0 saturated carbocycles. The molecule has 0 amide bonds. The van der Waals surface area contributed by atoms with E-state index < -0.39 is 0 Å². The summed E-state index contributed by atoms with van der Waals surface area (Å²) in [4.78, 5) is 20.0. The number of hydrogen-bond donors (Lipinski definition) is 2. The SMILES string of the molecule is Br.CN(C)CCCNc1ncc(Br)c(=O)[nH]1.O. The number of aromatic nitrogens is 2. The maximum atomic E-state index is 11.2. The standard InChI is InChI=1S/C9H15BrN4O.BrH.H2O/c1-14(2)5-3-4-11-9-12-6-7(10)8(15)13-9;;/h6H,3-5H2,1-2H3,(H2,11,12,13,15);1H;1H2. The van der Waals surface area contributed by atoms with E-state index in [1.165, 1.54) is 6.20 Å². The van der Waals surface area contributed by atoms with Crippen LogP contribution in [0.5, 0.6) is 0 Å². The molecule has 0 aliphatic carbocycles. The lowest BCUT2D eigenvalue weighted by molar-refractivity contribution is 0.405. The lowest BCUT2D eigenvalue weighted by atomic mass is 10.4. The van der Waals surface area contributed by atoms with Crippen LogP contribution in [0.15, 0.2) is 15.5 Å². The molecule has 0 atom stereocenters. The molecule has 0 aromatic carbocycles. The van der Waals surface area contributed by atoms with Gasteiger partial charge in [-0.25, -0.2) is 4.98 Å². The van der Waals surface area contributed by atoms with Crippen LogP contribution >= 0.6 is 32.9 Å². The second kappa shape index (κ2) is 9.58. The van der Waals surface area contributed by atoms with Crippen LogP contribution in [0.2, 0.25) is 0 Å². The van der Waals surface area contributed by atoms with Gasteiger partial charge in [0.25, 0.3) is 5.56 Å². The number of hydrogen-bond acceptors (Lipinski definition) is 4. The summed E-state index contributed by atoms with van der Waals surface area (Å²) in [5.74, 6) is 0.516. The molecule has 0 bridgehead atoms. The van der Waals surface area contributed by atoms with E-state index in [1.54, 1.807) is 0 Å². The Morgan fingerprint density at radius 3 is 2.71 bits per heavy atom. The number of rotatable bonds is 5. The molecule has 0 aliphatic heterocycles. The first-order chi connectivity index (χ1) is 7.09. The molecule has 6 nitrogen and oxygen atoms in total. The molecular formula is C9H18Br2N4O2. The third kappa shape index (κ3) is 7.48. The van der Waals surface area contributed by atoms with Crippen LogP contribution in [0.4, 0.5) is 5.95 Å². The summed E-state index contributed by atoms with van der Waals surface area (Å²) in [5, 5.41) is 3.05. The molecule has 1 aromatic heterocycles. The molecule has 17 heavy (non-hydrogen) atoms. The van der Waals surface area contributed by atoms with Gasteiger partial charge < -0.3 is 15.7 Å². The molecule has 0 radical (unpaired) electrons. The highest BCUT2D eigenvalue weighted by Gasteiger charge is 1.98. The van der Waals surface area contributed by atoms with Gasteiger partial charge >= 0.3 is 0 Å². The van der Waals surface area contributed by atoms with Gasteiger partial charge in [-0.2, -0.15) is 0 Å². The Kier molecular flexibility index (Phi) is 10.7. The van der Waals surface area contributed by atoms with Gasteiger partial charge in [-0.3, -0.25) is 9.78 Å². The van der Waals surface area contributed by atoms with Crippen LogP contribution in [0.25, 0.3) is 0 Å². The molecule has 1 rings (SSSR count). The highest BCUT2D eigenvalue weighted by atomic mass is 79.9. The summed E-state index contributed by atoms with van der Waals surface area (Å²) in [6, 6.07) is 0. The van der Waals surface area contributed by atoms with Crippen molar-refractivity contribution in [3.63, 3.8) is 0 Å². The van der Waals surface area contributed by atoms with Crippen molar-refractivity contribution in [3.05, 3.63) is 21.0 Å². The van der Waals surface area contributed by atoms with Crippen molar-refractivity contribution < 1.29 is 5.48 Å². The van der Waals surface area contributed by atoms with E-state index in [9.17, 15) is 4.79 Å². The number of nitrogens with zero attached hydrogens (tertiary/aromatic N) is 2. The fourth-order valence-electron chi connectivity index (χ4n) is 1.07. The summed E-state index contributed by atoms with van der Waals surface area (Å²) in [6.07, 6.45) is 2.50. The molecule has 0 saturated heterocycles. The highest BCUT2D eigenvalue weighted by molar-refractivity contribution is 9.10. The smallest absolute Gasteiger partial charge is 0.266 e. The molecule has 4 N–H and O–H groups in total. The van der Waals surface area contributed by atoms with Gasteiger partial charge in [0.05, 0.1) is 6.20 Å². The first-order valence-corrected chi connectivity index (χ1v) is 5.52. The van der Waals surface area contributed by atoms with Gasteiger partial charge in [0.1, 0.15) is 4.47 Å². The van der Waals surface area contributed by atoms with Crippen LogP contribution in [0.3, 0.4) is 0 Å². The van der Waals surface area contributed by atoms with E-state index in [0.29, 0.717) is 10.4 Å². The molecule has 0 fully saturated rings. The van der Waals surface area contributed by atoms with Gasteiger partial charge in [-0.15, -0.1) is 17.0 Å². The van der Waals surface area contributed by atoms with Crippen LogP contribution < -0.4 is 10.9 Å². The molecule has 0 aliphatic rings. The van der Waals surface area contributed by atoms with E-state index in [1.807, 2.05) is 14.1 Å². The van der Waals surface area contributed by atoms with Crippen LogP contribution in [0.1, 0.15) is 6.42 Å². The zero-order valence-electron chi connectivity index (χ0n) is 9.79. The fraction of sp³-hybridized carbons (Fsp3) is 0.556. The van der Waals surface area contributed by atoms with Crippen molar-refractivity contribution in [2.75, 3.05) is 32.5 Å². The van der Waals surface area contributed by atoms with Crippen LogP contribution in [-0.2, 0) is 0 Å². The van der Waals surface area contributed by atoms with E-state index in [0.717, 1.165) is 19.5 Å². The van der Waals surface area contributed by atoms with E-state index in [4.69, 9.17) is 0 Å². The number of aromatic amines is 1. The Hall–Kier alpha value is -0.440. The third-order valence-corrected chi connectivity index (χ3v) is 2.40. The van der Waals surface area contributed by atoms with Crippen molar-refractivity contribution in [3.8, 4) is 0 Å². The van der Waals surface area contributed by atoms with Crippen molar-refractivity contribution in [1.29, 1.82) is 0 Å². The molecule has 0 unspecified atom stereocenters. The highest BCUT2D eigenvalue weighted by Crippen LogP contribution is 2.01. The van der Waals surface area contributed by atoms with E-state index >= 15 is 0 Å². The Balaban J connectivity index is 0. The Morgan fingerprint density at radius 1 is 1.53 bits per heavy atom. The molecule has 0 spiro atoms. The summed E-state index contributed by atoms with van der Waals surface area (Å²) in [7, 11) is 4.06. The minimum atomic E-state index is -0.167. The average molecular weight is 374 g/mol. The van der Waals surface area contributed by atoms with E-state index in [2.05, 4.69) is 36.1 Å². The van der Waals surface area contributed by atoms with Gasteiger partial charge in [0, 0.05) is 6.54 Å². The zero-order valence-corrected chi connectivity index (χ0v) is 13.1. The van der Waals surface area contributed by atoms with Crippen molar-refractivity contribution in [2.24, 2.45) is 0 Å². The molecule has 1 heterocycles. The Morgan fingerprint density at radius 2 is 2.18 bits per heavy atom. The molecule has 1 aromatic rings. The van der Waals surface area contributed by atoms with E-state index in [-0.39, 0.29) is 28.0 Å². The number of anilines is 1. The lowest BCUT2D eigenvalue weighted by Gasteiger charge is -2.09. The lowest BCUT2D eigenvalue weighted by Crippen LogP contribution is -2.18. The molecular weight excluding hydrogens is 356 g/mol. The van der Waals surface area contributed by atoms with Gasteiger partial charge in [-0.05, 0) is 43.0 Å². The van der Waals surface area contributed by atoms with Crippen molar-refractivity contribution in [1.82, 2.24) is 14.9 Å². The van der Waals surface area contributed by atoms with Crippen LogP contribution in [-0.4, -0.2) is 47.5 Å². The zero-order chi connectivity index (χ0) is 11.3.